The second kappa shape index (κ2) is 7.70. The number of carbonyl (C=O) groups is 2. The number of benzene rings is 2. The topological polar surface area (TPSA) is 40.6 Å². The lowest BCUT2D eigenvalue weighted by Gasteiger charge is -2.24. The molecule has 1 aliphatic rings. The van der Waals surface area contributed by atoms with E-state index in [4.69, 9.17) is 11.6 Å². The van der Waals surface area contributed by atoms with Crippen LogP contribution in [0.25, 0.3) is 0 Å². The van der Waals surface area contributed by atoms with Gasteiger partial charge in [-0.15, -0.1) is 0 Å². The molecule has 1 heterocycles. The van der Waals surface area contributed by atoms with E-state index in [-0.39, 0.29) is 24.2 Å². The molecule has 0 aromatic heterocycles. The third kappa shape index (κ3) is 4.02. The van der Waals surface area contributed by atoms with Crippen molar-refractivity contribution in [2.75, 3.05) is 18.0 Å². The third-order valence-corrected chi connectivity index (χ3v) is 4.75. The van der Waals surface area contributed by atoms with Gasteiger partial charge in [-0.3, -0.25) is 9.59 Å². The summed E-state index contributed by atoms with van der Waals surface area (Å²) in [7, 11) is 0. The van der Waals surface area contributed by atoms with E-state index >= 15 is 0 Å². The van der Waals surface area contributed by atoms with Crippen molar-refractivity contribution < 1.29 is 9.59 Å². The van der Waals surface area contributed by atoms with Crippen LogP contribution >= 0.6 is 11.6 Å². The lowest BCUT2D eigenvalue weighted by Crippen LogP contribution is -2.37. The Kier molecular flexibility index (Phi) is 5.39. The first-order valence-electron chi connectivity index (χ1n) is 8.47. The molecule has 0 bridgehead atoms. The molecule has 1 aliphatic heterocycles. The molecule has 0 N–H and O–H groups in total. The van der Waals surface area contributed by atoms with Gasteiger partial charge in [0.05, 0.1) is 5.92 Å². The molecule has 0 saturated carbocycles. The first kappa shape index (κ1) is 17.5. The molecule has 4 nitrogen and oxygen atoms in total. The monoisotopic (exact) mass is 356 g/mol. The van der Waals surface area contributed by atoms with Crippen LogP contribution in [0.3, 0.4) is 0 Å². The largest absolute Gasteiger partial charge is 0.338 e. The number of hydrogen-bond acceptors (Lipinski definition) is 2. The van der Waals surface area contributed by atoms with Gasteiger partial charge in [0, 0.05) is 36.8 Å². The Balaban J connectivity index is 1.68. The smallest absolute Gasteiger partial charge is 0.232 e. The number of halogens is 1. The summed E-state index contributed by atoms with van der Waals surface area (Å²) in [6.07, 6.45) is 0.274. The van der Waals surface area contributed by atoms with Crippen molar-refractivity contribution in [1.82, 2.24) is 4.90 Å². The fourth-order valence-electron chi connectivity index (χ4n) is 3.19. The lowest BCUT2D eigenvalue weighted by molar-refractivity contribution is -0.128. The lowest BCUT2D eigenvalue weighted by atomic mass is 10.1. The molecule has 130 valence electrons. The molecule has 0 radical (unpaired) electrons. The minimum Gasteiger partial charge on any atom is -0.338 e. The summed E-state index contributed by atoms with van der Waals surface area (Å²) in [6.45, 7) is 3.51. The number of amides is 2. The van der Waals surface area contributed by atoms with Crippen molar-refractivity contribution in [3.05, 3.63) is 65.2 Å². The number of rotatable bonds is 5. The van der Waals surface area contributed by atoms with Gasteiger partial charge in [-0.25, -0.2) is 0 Å². The standard InChI is InChI=1S/C20H21ClN2O2/c1-2-23(18-6-4-3-5-7-18)20(25)16-12-19(24)22(14-16)13-15-8-10-17(21)11-9-15/h3-11,16H,2,12-14H2,1H3. The molecular formula is C20H21ClN2O2. The summed E-state index contributed by atoms with van der Waals surface area (Å²) in [5, 5.41) is 0.672. The second-order valence-electron chi connectivity index (χ2n) is 6.22. The Morgan fingerprint density at radius 1 is 1.16 bits per heavy atom. The molecule has 1 atom stereocenters. The molecule has 2 amide bonds. The number of likely N-dealkylation sites (tertiary alicyclic amines) is 1. The molecule has 3 rings (SSSR count). The van der Waals surface area contributed by atoms with Crippen LogP contribution in [-0.2, 0) is 16.1 Å². The van der Waals surface area contributed by atoms with Crippen LogP contribution in [0.5, 0.6) is 0 Å². The van der Waals surface area contributed by atoms with Gasteiger partial charge in [-0.2, -0.15) is 0 Å². The van der Waals surface area contributed by atoms with Gasteiger partial charge >= 0.3 is 0 Å². The van der Waals surface area contributed by atoms with Crippen molar-refractivity contribution in [2.45, 2.75) is 19.9 Å². The van der Waals surface area contributed by atoms with Gasteiger partial charge in [0.15, 0.2) is 0 Å². The summed E-state index contributed by atoms with van der Waals surface area (Å²) in [5.41, 5.74) is 1.89. The summed E-state index contributed by atoms with van der Waals surface area (Å²) < 4.78 is 0. The highest BCUT2D eigenvalue weighted by atomic mass is 35.5. The van der Waals surface area contributed by atoms with E-state index in [1.807, 2.05) is 61.5 Å². The summed E-state index contributed by atoms with van der Waals surface area (Å²) in [4.78, 5) is 28.7. The average molecular weight is 357 g/mol. The summed E-state index contributed by atoms with van der Waals surface area (Å²) in [5.74, 6) is -0.252. The van der Waals surface area contributed by atoms with Gasteiger partial charge < -0.3 is 9.80 Å². The van der Waals surface area contributed by atoms with Gasteiger partial charge in [-0.05, 0) is 36.8 Å². The zero-order valence-corrected chi connectivity index (χ0v) is 14.9. The summed E-state index contributed by atoms with van der Waals surface area (Å²) in [6, 6.07) is 17.0. The van der Waals surface area contributed by atoms with Crippen molar-refractivity contribution in [1.29, 1.82) is 0 Å². The zero-order chi connectivity index (χ0) is 17.8. The van der Waals surface area contributed by atoms with E-state index in [9.17, 15) is 9.59 Å². The van der Waals surface area contributed by atoms with Gasteiger partial charge in [0.2, 0.25) is 11.8 Å². The summed E-state index contributed by atoms with van der Waals surface area (Å²) >= 11 is 5.90. The Morgan fingerprint density at radius 3 is 2.48 bits per heavy atom. The first-order chi connectivity index (χ1) is 12.1. The SMILES string of the molecule is CCN(C(=O)C1CC(=O)N(Cc2ccc(Cl)cc2)C1)c1ccccc1. The maximum Gasteiger partial charge on any atom is 0.232 e. The van der Waals surface area contributed by atoms with Gasteiger partial charge in [0.1, 0.15) is 0 Å². The Hall–Kier alpha value is -2.33. The van der Waals surface area contributed by atoms with Gasteiger partial charge in [0.25, 0.3) is 0 Å². The molecule has 25 heavy (non-hydrogen) atoms. The van der Waals surface area contributed by atoms with Crippen molar-refractivity contribution in [2.24, 2.45) is 5.92 Å². The maximum absolute atomic E-state index is 12.9. The highest BCUT2D eigenvalue weighted by Gasteiger charge is 2.36. The van der Waals surface area contributed by atoms with Crippen LogP contribution < -0.4 is 4.90 Å². The minimum absolute atomic E-state index is 0.0145. The fourth-order valence-corrected chi connectivity index (χ4v) is 3.32. The fraction of sp³-hybridized carbons (Fsp3) is 0.300. The number of hydrogen-bond donors (Lipinski definition) is 0. The number of nitrogens with zero attached hydrogens (tertiary/aromatic N) is 2. The van der Waals surface area contributed by atoms with Crippen LogP contribution in [0.4, 0.5) is 5.69 Å². The minimum atomic E-state index is -0.292. The molecule has 1 saturated heterocycles. The molecule has 5 heteroatoms. The van der Waals surface area contributed by atoms with E-state index < -0.39 is 0 Å². The predicted molar refractivity (Wildman–Crippen MR) is 99.4 cm³/mol. The second-order valence-corrected chi connectivity index (χ2v) is 6.66. The molecule has 1 fully saturated rings. The molecule has 2 aromatic carbocycles. The van der Waals surface area contributed by atoms with Crippen LogP contribution in [0, 0.1) is 5.92 Å². The Labute approximate surface area is 153 Å². The molecule has 2 aromatic rings. The number of para-hydroxylation sites is 1. The normalized spacial score (nSPS) is 17.0. The van der Waals surface area contributed by atoms with Gasteiger partial charge in [-0.1, -0.05) is 41.9 Å². The third-order valence-electron chi connectivity index (χ3n) is 4.50. The Bertz CT molecular complexity index is 746. The average Bonchev–Trinajstić information content (AvgIpc) is 2.99. The highest BCUT2D eigenvalue weighted by Crippen LogP contribution is 2.25. The number of anilines is 1. The van der Waals surface area contributed by atoms with E-state index in [1.54, 1.807) is 9.80 Å². The van der Waals surface area contributed by atoms with Crippen molar-refractivity contribution in [3.63, 3.8) is 0 Å². The van der Waals surface area contributed by atoms with Crippen molar-refractivity contribution in [3.8, 4) is 0 Å². The predicted octanol–water partition coefficient (Wildman–Crippen LogP) is 3.74. The van der Waals surface area contributed by atoms with Crippen LogP contribution in [0.15, 0.2) is 54.6 Å². The molecule has 1 unspecified atom stereocenters. The van der Waals surface area contributed by atoms with E-state index in [0.29, 0.717) is 24.7 Å². The maximum atomic E-state index is 12.9. The van der Waals surface area contributed by atoms with Crippen molar-refractivity contribution >= 4 is 29.1 Å². The quantitative estimate of drug-likeness (QED) is 0.818. The Morgan fingerprint density at radius 2 is 1.84 bits per heavy atom. The first-order valence-corrected chi connectivity index (χ1v) is 8.85. The highest BCUT2D eigenvalue weighted by molar-refractivity contribution is 6.30. The zero-order valence-electron chi connectivity index (χ0n) is 14.2. The van der Waals surface area contributed by atoms with Crippen LogP contribution in [0.1, 0.15) is 18.9 Å². The van der Waals surface area contributed by atoms with Crippen LogP contribution in [-0.4, -0.2) is 29.8 Å². The van der Waals surface area contributed by atoms with E-state index in [0.717, 1.165) is 11.3 Å². The molecular weight excluding hydrogens is 336 g/mol. The number of carbonyl (C=O) groups excluding carboxylic acids is 2. The molecule has 0 aliphatic carbocycles. The van der Waals surface area contributed by atoms with Crippen LogP contribution in [0.2, 0.25) is 5.02 Å². The van der Waals surface area contributed by atoms with E-state index in [1.165, 1.54) is 0 Å². The molecule has 0 spiro atoms. The van der Waals surface area contributed by atoms with E-state index in [2.05, 4.69) is 0 Å².